The summed E-state index contributed by atoms with van der Waals surface area (Å²) in [5.74, 6) is -0.215. The van der Waals surface area contributed by atoms with Crippen LogP contribution in [-0.2, 0) is 11.3 Å². The molecule has 0 aromatic heterocycles. The SMILES string of the molecule is CN(CC(=O)N1CCNCC1)Cc1cc(Cl)ccc1F.Cl. The molecule has 4 nitrogen and oxygen atoms in total. The van der Waals surface area contributed by atoms with Crippen LogP contribution in [0, 0.1) is 5.82 Å². The fourth-order valence-corrected chi connectivity index (χ4v) is 2.45. The predicted octanol–water partition coefficient (Wildman–Crippen LogP) is 1.76. The van der Waals surface area contributed by atoms with Crippen LogP contribution in [0.1, 0.15) is 5.56 Å². The quantitative estimate of drug-likeness (QED) is 0.910. The molecule has 0 bridgehead atoms. The molecule has 1 amide bonds. The van der Waals surface area contributed by atoms with E-state index < -0.39 is 0 Å². The number of rotatable bonds is 4. The largest absolute Gasteiger partial charge is 0.339 e. The summed E-state index contributed by atoms with van der Waals surface area (Å²) in [5.41, 5.74) is 0.508. The Hall–Kier alpha value is -0.880. The van der Waals surface area contributed by atoms with Crippen molar-refractivity contribution in [2.24, 2.45) is 0 Å². The van der Waals surface area contributed by atoms with Crippen LogP contribution in [-0.4, -0.2) is 55.5 Å². The summed E-state index contributed by atoms with van der Waals surface area (Å²) in [6, 6.07) is 4.47. The minimum absolute atomic E-state index is 0. The van der Waals surface area contributed by atoms with Gasteiger partial charge in [-0.05, 0) is 25.2 Å². The molecule has 0 aliphatic carbocycles. The highest BCUT2D eigenvalue weighted by Gasteiger charge is 2.18. The molecule has 0 spiro atoms. The Morgan fingerprint density at radius 3 is 2.76 bits per heavy atom. The van der Waals surface area contributed by atoms with E-state index in [2.05, 4.69) is 5.32 Å². The van der Waals surface area contributed by atoms with Crippen molar-refractivity contribution in [3.63, 3.8) is 0 Å². The second kappa shape index (κ2) is 8.54. The molecule has 118 valence electrons. The number of benzene rings is 1. The Labute approximate surface area is 135 Å². The topological polar surface area (TPSA) is 35.6 Å². The minimum Gasteiger partial charge on any atom is -0.339 e. The van der Waals surface area contributed by atoms with Gasteiger partial charge in [0.1, 0.15) is 5.82 Å². The van der Waals surface area contributed by atoms with Gasteiger partial charge in [0.25, 0.3) is 0 Å². The molecule has 1 aromatic rings. The van der Waals surface area contributed by atoms with Crippen LogP contribution in [0.2, 0.25) is 5.02 Å². The monoisotopic (exact) mass is 335 g/mol. The zero-order valence-corrected chi connectivity index (χ0v) is 13.5. The molecule has 1 aliphatic rings. The number of halogens is 3. The summed E-state index contributed by atoms with van der Waals surface area (Å²) in [4.78, 5) is 15.7. The molecule has 7 heteroatoms. The molecule has 1 aliphatic heterocycles. The van der Waals surface area contributed by atoms with Crippen molar-refractivity contribution in [1.29, 1.82) is 0 Å². The van der Waals surface area contributed by atoms with Crippen molar-refractivity contribution in [3.8, 4) is 0 Å². The number of hydrogen-bond acceptors (Lipinski definition) is 3. The molecule has 1 heterocycles. The maximum Gasteiger partial charge on any atom is 0.236 e. The Balaban J connectivity index is 0.00000220. The first-order valence-corrected chi connectivity index (χ1v) is 7.05. The lowest BCUT2D eigenvalue weighted by Gasteiger charge is -2.29. The summed E-state index contributed by atoms with van der Waals surface area (Å²) in [6.45, 7) is 3.78. The van der Waals surface area contributed by atoms with Crippen molar-refractivity contribution in [2.75, 3.05) is 39.8 Å². The number of carbonyl (C=O) groups is 1. The Morgan fingerprint density at radius 1 is 1.43 bits per heavy atom. The number of hydrogen-bond donors (Lipinski definition) is 1. The van der Waals surface area contributed by atoms with Crippen molar-refractivity contribution in [2.45, 2.75) is 6.54 Å². The zero-order valence-electron chi connectivity index (χ0n) is 11.9. The first-order chi connectivity index (χ1) is 9.56. The van der Waals surface area contributed by atoms with E-state index in [9.17, 15) is 9.18 Å². The zero-order chi connectivity index (χ0) is 14.5. The first-order valence-electron chi connectivity index (χ1n) is 6.67. The van der Waals surface area contributed by atoms with Gasteiger partial charge < -0.3 is 10.2 Å². The van der Waals surface area contributed by atoms with Crippen molar-refractivity contribution >= 4 is 29.9 Å². The van der Waals surface area contributed by atoms with E-state index in [1.807, 2.05) is 4.90 Å². The summed E-state index contributed by atoms with van der Waals surface area (Å²) >= 11 is 5.86. The van der Waals surface area contributed by atoms with Crippen LogP contribution in [0.15, 0.2) is 18.2 Å². The second-order valence-corrected chi connectivity index (χ2v) is 5.48. The summed E-state index contributed by atoms with van der Waals surface area (Å²) in [7, 11) is 1.81. The molecule has 1 fully saturated rings. The Morgan fingerprint density at radius 2 is 2.10 bits per heavy atom. The lowest BCUT2D eigenvalue weighted by Crippen LogP contribution is -2.49. The van der Waals surface area contributed by atoms with Crippen molar-refractivity contribution < 1.29 is 9.18 Å². The molecule has 1 saturated heterocycles. The predicted molar refractivity (Wildman–Crippen MR) is 84.4 cm³/mol. The van der Waals surface area contributed by atoms with Crippen LogP contribution in [0.3, 0.4) is 0 Å². The van der Waals surface area contributed by atoms with Crippen LogP contribution >= 0.6 is 24.0 Å². The van der Waals surface area contributed by atoms with E-state index >= 15 is 0 Å². The molecule has 1 aromatic carbocycles. The average Bonchev–Trinajstić information content (AvgIpc) is 2.43. The highest BCUT2D eigenvalue weighted by atomic mass is 35.5. The van der Waals surface area contributed by atoms with Crippen LogP contribution in [0.5, 0.6) is 0 Å². The third kappa shape index (κ3) is 5.43. The van der Waals surface area contributed by atoms with Gasteiger partial charge in [-0.15, -0.1) is 12.4 Å². The standard InChI is InChI=1S/C14H19ClFN3O.ClH/c1-18(9-11-8-12(15)2-3-13(11)16)10-14(20)19-6-4-17-5-7-19;/h2-3,8,17H,4-7,9-10H2,1H3;1H. The summed E-state index contributed by atoms with van der Waals surface area (Å²) < 4.78 is 13.6. The van der Waals surface area contributed by atoms with Gasteiger partial charge in [-0.3, -0.25) is 9.69 Å². The van der Waals surface area contributed by atoms with Crippen molar-refractivity contribution in [1.82, 2.24) is 15.1 Å². The number of piperazine rings is 1. The van der Waals surface area contributed by atoms with Gasteiger partial charge in [0.15, 0.2) is 0 Å². The average molecular weight is 336 g/mol. The molecular formula is C14H20Cl2FN3O. The van der Waals surface area contributed by atoms with E-state index in [-0.39, 0.29) is 30.7 Å². The third-order valence-corrected chi connectivity index (χ3v) is 3.56. The van der Waals surface area contributed by atoms with Crippen LogP contribution in [0.25, 0.3) is 0 Å². The van der Waals surface area contributed by atoms with Gasteiger partial charge in [-0.25, -0.2) is 4.39 Å². The fourth-order valence-electron chi connectivity index (χ4n) is 2.26. The van der Waals surface area contributed by atoms with E-state index in [0.29, 0.717) is 17.1 Å². The lowest BCUT2D eigenvalue weighted by atomic mass is 10.2. The van der Waals surface area contributed by atoms with Gasteiger partial charge in [0, 0.05) is 43.3 Å². The first kappa shape index (κ1) is 18.2. The van der Waals surface area contributed by atoms with E-state index in [1.54, 1.807) is 18.0 Å². The molecule has 0 unspecified atom stereocenters. The molecule has 1 N–H and O–H groups in total. The molecular weight excluding hydrogens is 316 g/mol. The normalized spacial score (nSPS) is 15.0. The fraction of sp³-hybridized carbons (Fsp3) is 0.500. The van der Waals surface area contributed by atoms with E-state index in [4.69, 9.17) is 11.6 Å². The molecule has 0 atom stereocenters. The summed E-state index contributed by atoms with van der Waals surface area (Å²) in [5, 5.41) is 3.71. The minimum atomic E-state index is -0.295. The highest BCUT2D eigenvalue weighted by Crippen LogP contribution is 2.16. The maximum atomic E-state index is 13.6. The summed E-state index contributed by atoms with van der Waals surface area (Å²) in [6.07, 6.45) is 0. The Bertz CT molecular complexity index is 481. The van der Waals surface area contributed by atoms with E-state index in [1.165, 1.54) is 12.1 Å². The van der Waals surface area contributed by atoms with Crippen LogP contribution < -0.4 is 5.32 Å². The second-order valence-electron chi connectivity index (χ2n) is 5.04. The number of likely N-dealkylation sites (N-methyl/N-ethyl adjacent to an activating group) is 1. The number of amides is 1. The molecule has 0 radical (unpaired) electrons. The van der Waals surface area contributed by atoms with Gasteiger partial charge in [-0.2, -0.15) is 0 Å². The van der Waals surface area contributed by atoms with Crippen LogP contribution in [0.4, 0.5) is 4.39 Å². The maximum absolute atomic E-state index is 13.6. The van der Waals surface area contributed by atoms with Gasteiger partial charge >= 0.3 is 0 Å². The number of nitrogens with zero attached hydrogens (tertiary/aromatic N) is 2. The Kier molecular flexibility index (Phi) is 7.39. The third-order valence-electron chi connectivity index (χ3n) is 3.32. The number of nitrogens with one attached hydrogen (secondary N) is 1. The molecule has 0 saturated carbocycles. The van der Waals surface area contributed by atoms with Gasteiger partial charge in [0.05, 0.1) is 6.54 Å². The highest BCUT2D eigenvalue weighted by molar-refractivity contribution is 6.30. The molecule has 21 heavy (non-hydrogen) atoms. The van der Waals surface area contributed by atoms with Gasteiger partial charge in [-0.1, -0.05) is 11.6 Å². The smallest absolute Gasteiger partial charge is 0.236 e. The molecule has 2 rings (SSSR count). The van der Waals surface area contributed by atoms with Gasteiger partial charge in [0.2, 0.25) is 5.91 Å². The number of carbonyl (C=O) groups excluding carboxylic acids is 1. The lowest BCUT2D eigenvalue weighted by molar-refractivity contribution is -0.132. The van der Waals surface area contributed by atoms with Crippen molar-refractivity contribution in [3.05, 3.63) is 34.6 Å². The van der Waals surface area contributed by atoms with E-state index in [0.717, 1.165) is 26.2 Å².